The molecule has 1 nitrogen and oxygen atoms in total. The Morgan fingerprint density at radius 3 is 2.46 bits per heavy atom. The molecule has 66 valence electrons. The molecule has 2 rings (SSSR count). The van der Waals surface area contributed by atoms with Gasteiger partial charge in [-0.15, -0.1) is 0 Å². The van der Waals surface area contributed by atoms with Crippen LogP contribution in [0, 0.1) is 6.92 Å². The summed E-state index contributed by atoms with van der Waals surface area (Å²) in [6.07, 6.45) is 1.90. The SMILES string of the molecule is Cc1cnsc1-c1ccc(Br)cc1. The van der Waals surface area contributed by atoms with Gasteiger partial charge in [0.25, 0.3) is 0 Å². The molecule has 0 radical (unpaired) electrons. The Hall–Kier alpha value is -0.670. The van der Waals surface area contributed by atoms with Crippen LogP contribution in [-0.2, 0) is 0 Å². The molecule has 0 fully saturated rings. The van der Waals surface area contributed by atoms with E-state index in [1.807, 2.05) is 6.20 Å². The predicted molar refractivity (Wildman–Crippen MR) is 60.0 cm³/mol. The number of halogens is 1. The lowest BCUT2D eigenvalue weighted by molar-refractivity contribution is 1.45. The average molecular weight is 254 g/mol. The lowest BCUT2D eigenvalue weighted by Gasteiger charge is -1.97. The number of nitrogens with zero attached hydrogens (tertiary/aromatic N) is 1. The minimum absolute atomic E-state index is 1.11. The van der Waals surface area contributed by atoms with Crippen LogP contribution in [0.1, 0.15) is 5.56 Å². The summed E-state index contributed by atoms with van der Waals surface area (Å²) >= 11 is 4.96. The van der Waals surface area contributed by atoms with Crippen molar-refractivity contribution in [2.45, 2.75) is 6.92 Å². The summed E-state index contributed by atoms with van der Waals surface area (Å²) in [5.74, 6) is 0. The van der Waals surface area contributed by atoms with Gasteiger partial charge >= 0.3 is 0 Å². The van der Waals surface area contributed by atoms with E-state index in [4.69, 9.17) is 0 Å². The van der Waals surface area contributed by atoms with E-state index in [0.717, 1.165) is 4.47 Å². The van der Waals surface area contributed by atoms with Crippen molar-refractivity contribution in [3.63, 3.8) is 0 Å². The fourth-order valence-electron chi connectivity index (χ4n) is 1.17. The smallest absolute Gasteiger partial charge is 0.0579 e. The van der Waals surface area contributed by atoms with E-state index in [1.54, 1.807) is 11.5 Å². The standard InChI is InChI=1S/C10H8BrNS/c1-7-6-12-13-10(7)8-2-4-9(11)5-3-8/h2-6H,1H3. The Morgan fingerprint density at radius 1 is 1.23 bits per heavy atom. The first kappa shape index (κ1) is 8.91. The molecular formula is C10H8BrNS. The van der Waals surface area contributed by atoms with Gasteiger partial charge in [-0.3, -0.25) is 0 Å². The van der Waals surface area contributed by atoms with Crippen molar-refractivity contribution in [3.8, 4) is 10.4 Å². The van der Waals surface area contributed by atoms with Crippen molar-refractivity contribution in [1.29, 1.82) is 0 Å². The summed E-state index contributed by atoms with van der Waals surface area (Å²) < 4.78 is 5.26. The number of hydrogen-bond donors (Lipinski definition) is 0. The van der Waals surface area contributed by atoms with Gasteiger partial charge in [0.1, 0.15) is 0 Å². The summed E-state index contributed by atoms with van der Waals surface area (Å²) in [7, 11) is 0. The van der Waals surface area contributed by atoms with Crippen LogP contribution in [0.5, 0.6) is 0 Å². The molecule has 0 saturated heterocycles. The third-order valence-corrected chi connectivity index (χ3v) is 3.33. The molecule has 3 heteroatoms. The largest absolute Gasteiger partial charge is 0.200 e. The van der Waals surface area contributed by atoms with E-state index in [1.165, 1.54) is 16.0 Å². The molecular weight excluding hydrogens is 246 g/mol. The first-order valence-electron chi connectivity index (χ1n) is 3.94. The number of hydrogen-bond acceptors (Lipinski definition) is 2. The quantitative estimate of drug-likeness (QED) is 0.752. The lowest BCUT2D eigenvalue weighted by atomic mass is 10.1. The number of benzene rings is 1. The van der Waals surface area contributed by atoms with Gasteiger partial charge in [0.2, 0.25) is 0 Å². The maximum Gasteiger partial charge on any atom is 0.0579 e. The van der Waals surface area contributed by atoms with Gasteiger partial charge in [0.05, 0.1) is 4.88 Å². The molecule has 0 atom stereocenters. The van der Waals surface area contributed by atoms with Gasteiger partial charge in [0, 0.05) is 10.7 Å². The zero-order valence-electron chi connectivity index (χ0n) is 7.12. The van der Waals surface area contributed by atoms with Crippen molar-refractivity contribution in [1.82, 2.24) is 4.37 Å². The van der Waals surface area contributed by atoms with Crippen molar-refractivity contribution in [2.24, 2.45) is 0 Å². The van der Waals surface area contributed by atoms with E-state index in [-0.39, 0.29) is 0 Å². The van der Waals surface area contributed by atoms with E-state index in [2.05, 4.69) is 51.5 Å². The van der Waals surface area contributed by atoms with Crippen LogP contribution in [0.2, 0.25) is 0 Å². The molecule has 0 aliphatic carbocycles. The fourth-order valence-corrected chi connectivity index (χ4v) is 2.19. The third kappa shape index (κ3) is 1.81. The van der Waals surface area contributed by atoms with Crippen LogP contribution in [-0.4, -0.2) is 4.37 Å². The van der Waals surface area contributed by atoms with Crippen molar-refractivity contribution < 1.29 is 0 Å². The van der Waals surface area contributed by atoms with Gasteiger partial charge in [0.15, 0.2) is 0 Å². The second kappa shape index (κ2) is 3.60. The molecule has 1 heterocycles. The van der Waals surface area contributed by atoms with E-state index < -0.39 is 0 Å². The van der Waals surface area contributed by atoms with Crippen LogP contribution in [0.3, 0.4) is 0 Å². The zero-order valence-corrected chi connectivity index (χ0v) is 9.52. The molecule has 2 aromatic rings. The van der Waals surface area contributed by atoms with Gasteiger partial charge in [-0.2, -0.15) is 0 Å². The number of aromatic nitrogens is 1. The van der Waals surface area contributed by atoms with E-state index in [9.17, 15) is 0 Å². The lowest BCUT2D eigenvalue weighted by Crippen LogP contribution is -1.74. The highest BCUT2D eigenvalue weighted by Gasteiger charge is 2.03. The predicted octanol–water partition coefficient (Wildman–Crippen LogP) is 3.88. The Labute approximate surface area is 89.7 Å². The van der Waals surface area contributed by atoms with Crippen LogP contribution in [0.25, 0.3) is 10.4 Å². The van der Waals surface area contributed by atoms with Gasteiger partial charge in [-0.1, -0.05) is 28.1 Å². The third-order valence-electron chi connectivity index (χ3n) is 1.85. The van der Waals surface area contributed by atoms with Crippen molar-refractivity contribution in [2.75, 3.05) is 0 Å². The molecule has 0 saturated carbocycles. The topological polar surface area (TPSA) is 12.9 Å². The van der Waals surface area contributed by atoms with E-state index >= 15 is 0 Å². The number of rotatable bonds is 1. The maximum absolute atomic E-state index is 4.15. The zero-order chi connectivity index (χ0) is 9.26. The summed E-state index contributed by atoms with van der Waals surface area (Å²) in [6, 6.07) is 8.30. The molecule has 0 aliphatic heterocycles. The van der Waals surface area contributed by atoms with E-state index in [0.29, 0.717) is 0 Å². The molecule has 0 amide bonds. The summed E-state index contributed by atoms with van der Waals surface area (Å²) in [5.41, 5.74) is 2.48. The Morgan fingerprint density at radius 2 is 1.92 bits per heavy atom. The van der Waals surface area contributed by atoms with Crippen molar-refractivity contribution >= 4 is 27.5 Å². The molecule has 13 heavy (non-hydrogen) atoms. The molecule has 1 aromatic carbocycles. The number of aryl methyl sites for hydroxylation is 1. The molecule has 1 aromatic heterocycles. The van der Waals surface area contributed by atoms with Crippen LogP contribution in [0.15, 0.2) is 34.9 Å². The maximum atomic E-state index is 4.15. The average Bonchev–Trinajstić information content (AvgIpc) is 2.53. The molecule has 0 unspecified atom stereocenters. The summed E-state index contributed by atoms with van der Waals surface area (Å²) in [4.78, 5) is 1.26. The highest BCUT2D eigenvalue weighted by molar-refractivity contribution is 9.10. The molecule has 0 spiro atoms. The second-order valence-corrected chi connectivity index (χ2v) is 4.56. The van der Waals surface area contributed by atoms with Gasteiger partial charge < -0.3 is 0 Å². The first-order valence-corrected chi connectivity index (χ1v) is 5.51. The second-order valence-electron chi connectivity index (χ2n) is 2.84. The van der Waals surface area contributed by atoms with Crippen LogP contribution < -0.4 is 0 Å². The minimum Gasteiger partial charge on any atom is -0.200 e. The minimum atomic E-state index is 1.11. The summed E-state index contributed by atoms with van der Waals surface area (Å²) in [5, 5.41) is 0. The Bertz CT molecular complexity index is 405. The first-order chi connectivity index (χ1) is 6.27. The highest BCUT2D eigenvalue weighted by atomic mass is 79.9. The van der Waals surface area contributed by atoms with Crippen LogP contribution in [0.4, 0.5) is 0 Å². The monoisotopic (exact) mass is 253 g/mol. The normalized spacial score (nSPS) is 10.3. The van der Waals surface area contributed by atoms with Crippen LogP contribution >= 0.6 is 27.5 Å². The van der Waals surface area contributed by atoms with Gasteiger partial charge in [-0.25, -0.2) is 4.37 Å². The fraction of sp³-hybridized carbons (Fsp3) is 0.100. The highest BCUT2D eigenvalue weighted by Crippen LogP contribution is 2.27. The molecule has 0 bridgehead atoms. The molecule has 0 N–H and O–H groups in total. The Balaban J connectivity index is 2.47. The Kier molecular flexibility index (Phi) is 2.47. The molecule has 0 aliphatic rings. The van der Waals surface area contributed by atoms with Gasteiger partial charge in [-0.05, 0) is 41.7 Å². The summed E-state index contributed by atoms with van der Waals surface area (Å²) in [6.45, 7) is 2.08. The van der Waals surface area contributed by atoms with Crippen molar-refractivity contribution in [3.05, 3.63) is 40.5 Å².